The van der Waals surface area contributed by atoms with Gasteiger partial charge in [-0.3, -0.25) is 0 Å². The van der Waals surface area contributed by atoms with Crippen LogP contribution >= 0.6 is 0 Å². The summed E-state index contributed by atoms with van der Waals surface area (Å²) in [5.41, 5.74) is 8.02. The first kappa shape index (κ1) is 19.3. The second-order valence-corrected chi connectivity index (χ2v) is 7.71. The van der Waals surface area contributed by atoms with Gasteiger partial charge in [0.2, 0.25) is 0 Å². The molecule has 0 saturated heterocycles. The molecular formula is C24H38. The van der Waals surface area contributed by atoms with Crippen LogP contribution in [0, 0.1) is 5.92 Å². The van der Waals surface area contributed by atoms with Crippen molar-refractivity contribution in [1.82, 2.24) is 0 Å². The molecule has 0 N–H and O–H groups in total. The number of allylic oxidation sites excluding steroid dienone is 1. The molecule has 1 aromatic rings. The van der Waals surface area contributed by atoms with Gasteiger partial charge < -0.3 is 0 Å². The Labute approximate surface area is 150 Å². The predicted molar refractivity (Wildman–Crippen MR) is 109 cm³/mol. The van der Waals surface area contributed by atoms with Gasteiger partial charge in [0.1, 0.15) is 0 Å². The standard InChI is InChI=1S/C24H38/c1-5-8-13-22-17-16-21(12-6-2)24(23(22)7-3)18-19(4)20-14-10-9-11-15-20/h16-18,20H,5-15H2,1-4H3/b19-18+. The zero-order chi connectivity index (χ0) is 17.4. The van der Waals surface area contributed by atoms with Crippen LogP contribution in [0.3, 0.4) is 0 Å². The van der Waals surface area contributed by atoms with E-state index < -0.39 is 0 Å². The molecule has 134 valence electrons. The Morgan fingerprint density at radius 2 is 1.67 bits per heavy atom. The van der Waals surface area contributed by atoms with Crippen LogP contribution in [0.5, 0.6) is 0 Å². The van der Waals surface area contributed by atoms with Crippen molar-refractivity contribution < 1.29 is 0 Å². The zero-order valence-corrected chi connectivity index (χ0v) is 16.6. The van der Waals surface area contributed by atoms with E-state index in [1.54, 1.807) is 27.8 Å². The largest absolute Gasteiger partial charge is 0.0696 e. The first-order valence-electron chi connectivity index (χ1n) is 10.5. The van der Waals surface area contributed by atoms with Crippen molar-refractivity contribution in [3.05, 3.63) is 40.0 Å². The molecule has 1 saturated carbocycles. The third-order valence-corrected chi connectivity index (χ3v) is 5.84. The second kappa shape index (κ2) is 10.1. The lowest BCUT2D eigenvalue weighted by molar-refractivity contribution is 0.404. The SMILES string of the molecule is CCCCc1ccc(CCC)c(/C=C(\C)C2CCCCC2)c1CC. The quantitative estimate of drug-likeness (QED) is 0.463. The van der Waals surface area contributed by atoms with Crippen LogP contribution in [0.4, 0.5) is 0 Å². The first-order chi connectivity index (χ1) is 11.7. The normalized spacial score (nSPS) is 16.6. The lowest BCUT2D eigenvalue weighted by Crippen LogP contribution is -2.08. The van der Waals surface area contributed by atoms with E-state index in [-0.39, 0.29) is 0 Å². The molecule has 0 radical (unpaired) electrons. The minimum atomic E-state index is 0.831. The van der Waals surface area contributed by atoms with Gasteiger partial charge in [0.05, 0.1) is 0 Å². The zero-order valence-electron chi connectivity index (χ0n) is 16.6. The van der Waals surface area contributed by atoms with Gasteiger partial charge in [-0.1, -0.05) is 76.7 Å². The van der Waals surface area contributed by atoms with E-state index >= 15 is 0 Å². The van der Waals surface area contributed by atoms with Gasteiger partial charge in [-0.15, -0.1) is 0 Å². The number of hydrogen-bond donors (Lipinski definition) is 0. The highest BCUT2D eigenvalue weighted by molar-refractivity contribution is 5.62. The predicted octanol–water partition coefficient (Wildman–Crippen LogP) is 7.53. The minimum absolute atomic E-state index is 0.831. The first-order valence-corrected chi connectivity index (χ1v) is 10.5. The molecule has 0 bridgehead atoms. The molecule has 1 aliphatic carbocycles. The molecule has 1 aliphatic rings. The van der Waals surface area contributed by atoms with Crippen LogP contribution in [0.1, 0.15) is 101 Å². The van der Waals surface area contributed by atoms with E-state index in [0.717, 1.165) is 5.92 Å². The molecule has 0 atom stereocenters. The molecule has 0 heterocycles. The molecule has 0 aromatic heterocycles. The summed E-state index contributed by atoms with van der Waals surface area (Å²) in [6.45, 7) is 9.33. The molecule has 1 fully saturated rings. The van der Waals surface area contributed by atoms with E-state index in [4.69, 9.17) is 0 Å². The van der Waals surface area contributed by atoms with E-state index in [2.05, 4.69) is 45.9 Å². The van der Waals surface area contributed by atoms with Crippen molar-refractivity contribution in [2.45, 2.75) is 98.3 Å². The van der Waals surface area contributed by atoms with Gasteiger partial charge >= 0.3 is 0 Å². The van der Waals surface area contributed by atoms with Crippen molar-refractivity contribution in [2.75, 3.05) is 0 Å². The van der Waals surface area contributed by atoms with E-state index in [1.165, 1.54) is 70.6 Å². The maximum Gasteiger partial charge on any atom is -0.0190 e. The van der Waals surface area contributed by atoms with Crippen molar-refractivity contribution in [1.29, 1.82) is 0 Å². The summed E-state index contributed by atoms with van der Waals surface area (Å²) in [4.78, 5) is 0. The molecule has 0 heteroatoms. The smallest absolute Gasteiger partial charge is 0.0190 e. The Bertz CT molecular complexity index is 529. The Hall–Kier alpha value is -1.04. The van der Waals surface area contributed by atoms with Crippen molar-refractivity contribution in [2.24, 2.45) is 5.92 Å². The fraction of sp³-hybridized carbons (Fsp3) is 0.667. The summed E-state index contributed by atoms with van der Waals surface area (Å²) in [6, 6.07) is 4.85. The van der Waals surface area contributed by atoms with E-state index in [9.17, 15) is 0 Å². The van der Waals surface area contributed by atoms with E-state index in [0.29, 0.717) is 0 Å². The highest BCUT2D eigenvalue weighted by atomic mass is 14.2. The fourth-order valence-electron chi connectivity index (χ4n) is 4.35. The van der Waals surface area contributed by atoms with Gasteiger partial charge in [-0.25, -0.2) is 0 Å². The summed E-state index contributed by atoms with van der Waals surface area (Å²) in [5, 5.41) is 0. The van der Waals surface area contributed by atoms with Crippen LogP contribution < -0.4 is 0 Å². The average Bonchev–Trinajstić information content (AvgIpc) is 2.62. The van der Waals surface area contributed by atoms with Crippen molar-refractivity contribution in [3.8, 4) is 0 Å². The molecule has 0 unspecified atom stereocenters. The molecular weight excluding hydrogens is 288 g/mol. The monoisotopic (exact) mass is 326 g/mol. The van der Waals surface area contributed by atoms with Crippen LogP contribution in [0.15, 0.2) is 17.7 Å². The maximum atomic E-state index is 2.58. The van der Waals surface area contributed by atoms with Crippen molar-refractivity contribution in [3.63, 3.8) is 0 Å². The molecule has 2 rings (SSSR count). The fourth-order valence-corrected chi connectivity index (χ4v) is 4.35. The Balaban J connectivity index is 2.38. The maximum absolute atomic E-state index is 2.58. The van der Waals surface area contributed by atoms with Gasteiger partial charge in [-0.2, -0.15) is 0 Å². The summed E-state index contributed by atoms with van der Waals surface area (Å²) in [6.07, 6.45) is 17.1. The summed E-state index contributed by atoms with van der Waals surface area (Å²) >= 11 is 0. The highest BCUT2D eigenvalue weighted by Crippen LogP contribution is 2.33. The number of aryl methyl sites for hydroxylation is 2. The number of benzene rings is 1. The Morgan fingerprint density at radius 1 is 0.958 bits per heavy atom. The van der Waals surface area contributed by atoms with Crippen LogP contribution in [-0.4, -0.2) is 0 Å². The summed E-state index contributed by atoms with van der Waals surface area (Å²) in [7, 11) is 0. The van der Waals surface area contributed by atoms with Crippen LogP contribution in [-0.2, 0) is 19.3 Å². The molecule has 0 amide bonds. The Morgan fingerprint density at radius 3 is 2.29 bits per heavy atom. The van der Waals surface area contributed by atoms with Gasteiger partial charge in [0.15, 0.2) is 0 Å². The van der Waals surface area contributed by atoms with Crippen molar-refractivity contribution >= 4 is 6.08 Å². The third-order valence-electron chi connectivity index (χ3n) is 5.84. The van der Waals surface area contributed by atoms with Crippen LogP contribution in [0.25, 0.3) is 6.08 Å². The lowest BCUT2D eigenvalue weighted by atomic mass is 9.82. The third kappa shape index (κ3) is 4.98. The summed E-state index contributed by atoms with van der Waals surface area (Å²) < 4.78 is 0. The highest BCUT2D eigenvalue weighted by Gasteiger charge is 2.17. The van der Waals surface area contributed by atoms with E-state index in [1.807, 2.05) is 0 Å². The lowest BCUT2D eigenvalue weighted by Gasteiger charge is -2.24. The topological polar surface area (TPSA) is 0 Å². The second-order valence-electron chi connectivity index (χ2n) is 7.71. The van der Waals surface area contributed by atoms with Crippen LogP contribution in [0.2, 0.25) is 0 Å². The molecule has 1 aromatic carbocycles. The summed E-state index contributed by atoms with van der Waals surface area (Å²) in [5.74, 6) is 0.831. The molecule has 0 nitrogen and oxygen atoms in total. The number of hydrogen-bond acceptors (Lipinski definition) is 0. The minimum Gasteiger partial charge on any atom is -0.0696 e. The Kier molecular flexibility index (Phi) is 8.09. The molecule has 24 heavy (non-hydrogen) atoms. The molecule has 0 spiro atoms. The number of rotatable bonds is 8. The number of unbranched alkanes of at least 4 members (excludes halogenated alkanes) is 1. The van der Waals surface area contributed by atoms with Gasteiger partial charge in [-0.05, 0) is 73.6 Å². The van der Waals surface area contributed by atoms with Gasteiger partial charge in [0.25, 0.3) is 0 Å². The molecule has 0 aliphatic heterocycles. The average molecular weight is 327 g/mol. The van der Waals surface area contributed by atoms with Gasteiger partial charge in [0, 0.05) is 0 Å².